The van der Waals surface area contributed by atoms with Crippen LogP contribution in [-0.4, -0.2) is 50.4 Å². The molecule has 0 atom stereocenters. The number of likely N-dealkylation sites (tertiary alicyclic amines) is 1. The highest BCUT2D eigenvalue weighted by Gasteiger charge is 2.22. The van der Waals surface area contributed by atoms with E-state index in [9.17, 15) is 9.59 Å². The lowest BCUT2D eigenvalue weighted by Crippen LogP contribution is -2.40. The number of piperidine rings is 1. The maximum atomic E-state index is 11.8. The van der Waals surface area contributed by atoms with Gasteiger partial charge in [-0.1, -0.05) is 0 Å². The van der Waals surface area contributed by atoms with E-state index in [4.69, 9.17) is 0 Å². The Morgan fingerprint density at radius 3 is 2.75 bits per heavy atom. The second-order valence-corrected chi connectivity index (χ2v) is 3.86. The van der Waals surface area contributed by atoms with Crippen LogP contribution in [0.5, 0.6) is 0 Å². The summed E-state index contributed by atoms with van der Waals surface area (Å²) in [6.07, 6.45) is 3.90. The van der Waals surface area contributed by atoms with Gasteiger partial charge in [-0.2, -0.15) is 0 Å². The van der Waals surface area contributed by atoms with E-state index in [1.165, 1.54) is 11.0 Å². The highest BCUT2D eigenvalue weighted by molar-refractivity contribution is 5.76. The maximum Gasteiger partial charge on any atom is 0.244 e. The lowest BCUT2D eigenvalue weighted by Gasteiger charge is -2.29. The summed E-state index contributed by atoms with van der Waals surface area (Å²) in [5.41, 5.74) is 0. The van der Waals surface area contributed by atoms with Crippen molar-refractivity contribution in [2.24, 2.45) is 5.92 Å². The predicted molar refractivity (Wildman–Crippen MR) is 53.2 cm³/mol. The van der Waals surface area contributed by atoms with Gasteiger partial charge >= 0.3 is 0 Å². The van der Waals surface area contributed by atoms with Crippen molar-refractivity contribution in [3.8, 4) is 0 Å². The van der Waals surface area contributed by atoms with E-state index < -0.39 is 0 Å². The van der Waals surface area contributed by atoms with Crippen LogP contribution in [-0.2, 0) is 16.1 Å². The van der Waals surface area contributed by atoms with Crippen LogP contribution < -0.4 is 0 Å². The molecule has 1 fully saturated rings. The molecular formula is C9H13N5O2. The Hall–Kier alpha value is -1.79. The van der Waals surface area contributed by atoms with Crippen molar-refractivity contribution in [1.29, 1.82) is 0 Å². The van der Waals surface area contributed by atoms with Crippen LogP contribution in [0.1, 0.15) is 12.8 Å². The molecule has 16 heavy (non-hydrogen) atoms. The zero-order valence-corrected chi connectivity index (χ0v) is 8.82. The zero-order valence-electron chi connectivity index (χ0n) is 8.82. The molecule has 1 aliphatic rings. The van der Waals surface area contributed by atoms with Gasteiger partial charge in [0.25, 0.3) is 0 Å². The highest BCUT2D eigenvalue weighted by Crippen LogP contribution is 2.14. The Labute approximate surface area is 92.4 Å². The topological polar surface area (TPSA) is 81.0 Å². The average molecular weight is 223 g/mol. The van der Waals surface area contributed by atoms with E-state index in [0.29, 0.717) is 13.1 Å². The molecule has 0 spiro atoms. The first-order valence-electron chi connectivity index (χ1n) is 5.23. The van der Waals surface area contributed by atoms with E-state index in [-0.39, 0.29) is 18.4 Å². The minimum atomic E-state index is -0.00310. The van der Waals surface area contributed by atoms with Crippen molar-refractivity contribution in [2.45, 2.75) is 19.4 Å². The lowest BCUT2D eigenvalue weighted by atomic mass is 9.99. The Bertz CT molecular complexity index is 356. The van der Waals surface area contributed by atoms with Crippen molar-refractivity contribution in [3.63, 3.8) is 0 Å². The van der Waals surface area contributed by atoms with Crippen LogP contribution in [0, 0.1) is 5.92 Å². The Morgan fingerprint density at radius 1 is 1.44 bits per heavy atom. The smallest absolute Gasteiger partial charge is 0.244 e. The van der Waals surface area contributed by atoms with Gasteiger partial charge in [-0.25, -0.2) is 4.68 Å². The van der Waals surface area contributed by atoms with Crippen LogP contribution in [0.4, 0.5) is 0 Å². The van der Waals surface area contributed by atoms with E-state index in [2.05, 4.69) is 15.5 Å². The number of aldehydes is 1. The molecule has 0 bridgehead atoms. The third-order valence-electron chi connectivity index (χ3n) is 2.77. The van der Waals surface area contributed by atoms with Crippen LogP contribution in [0.15, 0.2) is 6.33 Å². The second-order valence-electron chi connectivity index (χ2n) is 3.86. The molecule has 2 rings (SSSR count). The third-order valence-corrected chi connectivity index (χ3v) is 2.77. The minimum absolute atomic E-state index is 0.00310. The summed E-state index contributed by atoms with van der Waals surface area (Å²) in [6.45, 7) is 1.45. The first kappa shape index (κ1) is 10.7. The molecule has 0 radical (unpaired) electrons. The Kier molecular flexibility index (Phi) is 3.23. The summed E-state index contributed by atoms with van der Waals surface area (Å²) in [6, 6.07) is 0. The number of hydrogen-bond acceptors (Lipinski definition) is 5. The Balaban J connectivity index is 1.84. The minimum Gasteiger partial charge on any atom is -0.341 e. The van der Waals surface area contributed by atoms with Gasteiger partial charge in [0.2, 0.25) is 5.91 Å². The number of aromatic nitrogens is 4. The maximum absolute atomic E-state index is 11.8. The molecule has 1 aliphatic heterocycles. The summed E-state index contributed by atoms with van der Waals surface area (Å²) in [5, 5.41) is 10.6. The van der Waals surface area contributed by atoms with E-state index >= 15 is 0 Å². The van der Waals surface area contributed by atoms with Crippen molar-refractivity contribution in [3.05, 3.63) is 6.33 Å². The SMILES string of the molecule is O=CC1CCN(C(=O)Cn2cnnn2)CC1. The molecule has 7 heteroatoms. The molecule has 0 aliphatic carbocycles. The molecule has 1 aromatic rings. The van der Waals surface area contributed by atoms with Gasteiger partial charge in [-0.15, -0.1) is 5.10 Å². The molecule has 1 aromatic heterocycles. The second kappa shape index (κ2) is 4.82. The fourth-order valence-electron chi connectivity index (χ4n) is 1.78. The third kappa shape index (κ3) is 2.41. The van der Waals surface area contributed by atoms with E-state index in [1.807, 2.05) is 0 Å². The van der Waals surface area contributed by atoms with Gasteiger partial charge in [-0.3, -0.25) is 4.79 Å². The molecule has 1 saturated heterocycles. The summed E-state index contributed by atoms with van der Waals surface area (Å²) >= 11 is 0. The van der Waals surface area contributed by atoms with Crippen molar-refractivity contribution < 1.29 is 9.59 Å². The summed E-state index contributed by atoms with van der Waals surface area (Å²) in [4.78, 5) is 24.1. The summed E-state index contributed by atoms with van der Waals surface area (Å²) in [7, 11) is 0. The van der Waals surface area contributed by atoms with Crippen LogP contribution in [0.25, 0.3) is 0 Å². The fourth-order valence-corrected chi connectivity index (χ4v) is 1.78. The molecule has 0 aromatic carbocycles. The van der Waals surface area contributed by atoms with Gasteiger partial charge in [-0.05, 0) is 23.3 Å². The van der Waals surface area contributed by atoms with Crippen LogP contribution >= 0.6 is 0 Å². The number of carbonyl (C=O) groups excluding carboxylic acids is 2. The number of hydrogen-bond donors (Lipinski definition) is 0. The molecule has 0 unspecified atom stereocenters. The Morgan fingerprint density at radius 2 is 2.19 bits per heavy atom. The van der Waals surface area contributed by atoms with Crippen LogP contribution in [0.3, 0.4) is 0 Å². The largest absolute Gasteiger partial charge is 0.341 e. The van der Waals surface area contributed by atoms with Crippen molar-refractivity contribution in [1.82, 2.24) is 25.1 Å². The highest BCUT2D eigenvalue weighted by atomic mass is 16.2. The summed E-state index contributed by atoms with van der Waals surface area (Å²) in [5.74, 6) is 0.105. The van der Waals surface area contributed by atoms with Crippen LogP contribution in [0.2, 0.25) is 0 Å². The normalized spacial score (nSPS) is 17.4. The number of tetrazole rings is 1. The first-order chi connectivity index (χ1) is 7.79. The fraction of sp³-hybridized carbons (Fsp3) is 0.667. The van der Waals surface area contributed by atoms with E-state index in [0.717, 1.165) is 19.1 Å². The van der Waals surface area contributed by atoms with E-state index in [1.54, 1.807) is 4.90 Å². The van der Waals surface area contributed by atoms with Gasteiger partial charge in [0.1, 0.15) is 19.2 Å². The van der Waals surface area contributed by atoms with Gasteiger partial charge in [0.15, 0.2) is 0 Å². The van der Waals surface area contributed by atoms with Gasteiger partial charge < -0.3 is 9.69 Å². The summed E-state index contributed by atoms with van der Waals surface area (Å²) < 4.78 is 1.40. The average Bonchev–Trinajstić information content (AvgIpc) is 2.82. The monoisotopic (exact) mass is 223 g/mol. The molecule has 0 saturated carbocycles. The molecule has 0 N–H and O–H groups in total. The van der Waals surface area contributed by atoms with Gasteiger partial charge in [0.05, 0.1) is 0 Å². The predicted octanol–water partition coefficient (Wildman–Crippen LogP) is -0.889. The van der Waals surface area contributed by atoms with Crippen molar-refractivity contribution >= 4 is 12.2 Å². The molecule has 7 nitrogen and oxygen atoms in total. The zero-order chi connectivity index (χ0) is 11.4. The van der Waals surface area contributed by atoms with Gasteiger partial charge in [0, 0.05) is 19.0 Å². The lowest BCUT2D eigenvalue weighted by molar-refractivity contribution is -0.134. The molecular weight excluding hydrogens is 210 g/mol. The molecule has 86 valence electrons. The number of amides is 1. The molecule has 2 heterocycles. The van der Waals surface area contributed by atoms with Crippen molar-refractivity contribution in [2.75, 3.05) is 13.1 Å². The number of carbonyl (C=O) groups is 2. The molecule has 1 amide bonds. The first-order valence-corrected chi connectivity index (χ1v) is 5.23. The quantitative estimate of drug-likeness (QED) is 0.621. The standard InChI is InChI=1S/C9H13N5O2/c15-6-8-1-3-13(4-2-8)9(16)5-14-7-10-11-12-14/h6-8H,1-5H2. The number of nitrogens with zero attached hydrogens (tertiary/aromatic N) is 5. The number of rotatable bonds is 3.